The Kier molecular flexibility index (Phi) is 0.677. The maximum absolute atomic E-state index is 2.48. The van der Waals surface area contributed by atoms with Crippen molar-refractivity contribution in [1.29, 1.82) is 0 Å². The minimum absolute atomic E-state index is 0.795. The van der Waals surface area contributed by atoms with Crippen molar-refractivity contribution in [2.45, 2.75) is 36.2 Å². The fourth-order valence-corrected chi connectivity index (χ4v) is 4.65. The molecule has 1 aliphatic heterocycles. The first-order valence-corrected chi connectivity index (χ1v) is 4.86. The topological polar surface area (TPSA) is 0 Å². The van der Waals surface area contributed by atoms with Crippen LogP contribution in [0.2, 0.25) is 0 Å². The van der Waals surface area contributed by atoms with E-state index in [4.69, 9.17) is 0 Å². The van der Waals surface area contributed by atoms with E-state index in [-0.39, 0.29) is 0 Å². The number of fused-ring (bicyclic) bond motifs is 5. The molecule has 3 aliphatic rings. The van der Waals surface area contributed by atoms with E-state index in [0.717, 1.165) is 21.8 Å². The highest BCUT2D eigenvalue weighted by atomic mass is 32.2. The van der Waals surface area contributed by atoms with E-state index < -0.39 is 0 Å². The average molecular weight is 140 g/mol. The SMILES string of the molecule is CC12SC1C1CCC2C1. The van der Waals surface area contributed by atoms with Gasteiger partial charge in [-0.25, -0.2) is 0 Å². The van der Waals surface area contributed by atoms with Crippen LogP contribution in [0.15, 0.2) is 0 Å². The van der Waals surface area contributed by atoms with Crippen molar-refractivity contribution in [2.24, 2.45) is 11.8 Å². The molecule has 1 saturated heterocycles. The second-order valence-electron chi connectivity index (χ2n) is 3.99. The first kappa shape index (κ1) is 5.06. The van der Waals surface area contributed by atoms with Crippen LogP contribution in [0.4, 0.5) is 0 Å². The third-order valence-electron chi connectivity index (χ3n) is 3.60. The molecule has 0 aromatic rings. The van der Waals surface area contributed by atoms with Gasteiger partial charge in [0, 0.05) is 10.00 Å². The van der Waals surface area contributed by atoms with Crippen molar-refractivity contribution >= 4 is 11.8 Å². The van der Waals surface area contributed by atoms with E-state index in [1.165, 1.54) is 0 Å². The normalized spacial score (nSPS) is 68.3. The summed E-state index contributed by atoms with van der Waals surface area (Å²) in [5.74, 6) is 2.27. The van der Waals surface area contributed by atoms with Gasteiger partial charge in [0.2, 0.25) is 0 Å². The average Bonchev–Trinajstić information content (AvgIpc) is 2.34. The summed E-state index contributed by atoms with van der Waals surface area (Å²) in [5.41, 5.74) is 0. The smallest absolute Gasteiger partial charge is 0.0284 e. The highest BCUT2D eigenvalue weighted by Crippen LogP contribution is 2.73. The van der Waals surface area contributed by atoms with Crippen LogP contribution >= 0.6 is 11.8 Å². The zero-order valence-electron chi connectivity index (χ0n) is 5.76. The molecule has 4 atom stereocenters. The molecule has 50 valence electrons. The monoisotopic (exact) mass is 140 g/mol. The lowest BCUT2D eigenvalue weighted by atomic mass is 9.91. The number of thioether (sulfide) groups is 1. The Morgan fingerprint density at radius 3 is 2.78 bits per heavy atom. The van der Waals surface area contributed by atoms with Gasteiger partial charge in [-0.2, -0.15) is 0 Å². The van der Waals surface area contributed by atoms with Crippen molar-refractivity contribution in [3.8, 4) is 0 Å². The molecule has 3 fully saturated rings. The molecule has 0 aromatic heterocycles. The summed E-state index contributed by atoms with van der Waals surface area (Å²) in [4.78, 5) is 0. The molecule has 2 bridgehead atoms. The van der Waals surface area contributed by atoms with Crippen LogP contribution in [0.1, 0.15) is 26.2 Å². The summed E-state index contributed by atoms with van der Waals surface area (Å²) >= 11 is 2.26. The molecule has 2 saturated carbocycles. The molecule has 1 heterocycles. The van der Waals surface area contributed by atoms with Gasteiger partial charge >= 0.3 is 0 Å². The van der Waals surface area contributed by atoms with E-state index in [9.17, 15) is 0 Å². The summed E-state index contributed by atoms with van der Waals surface area (Å²) in [6, 6.07) is 0. The molecule has 0 N–H and O–H groups in total. The van der Waals surface area contributed by atoms with E-state index >= 15 is 0 Å². The van der Waals surface area contributed by atoms with Gasteiger partial charge in [-0.05, 0) is 38.0 Å². The van der Waals surface area contributed by atoms with Crippen LogP contribution in [0.25, 0.3) is 0 Å². The maximum atomic E-state index is 2.48. The molecule has 4 unspecified atom stereocenters. The van der Waals surface area contributed by atoms with Gasteiger partial charge in [0.05, 0.1) is 0 Å². The Hall–Kier alpha value is 0.350. The first-order chi connectivity index (χ1) is 4.31. The van der Waals surface area contributed by atoms with Crippen molar-refractivity contribution in [1.82, 2.24) is 0 Å². The van der Waals surface area contributed by atoms with Crippen LogP contribution < -0.4 is 0 Å². The van der Waals surface area contributed by atoms with Crippen LogP contribution in [0, 0.1) is 11.8 Å². The zero-order valence-corrected chi connectivity index (χ0v) is 6.58. The van der Waals surface area contributed by atoms with E-state index in [1.54, 1.807) is 19.3 Å². The summed E-state index contributed by atoms with van der Waals surface area (Å²) in [7, 11) is 0. The van der Waals surface area contributed by atoms with Crippen LogP contribution in [0.3, 0.4) is 0 Å². The Morgan fingerprint density at radius 1 is 1.44 bits per heavy atom. The Balaban J connectivity index is 2.04. The molecule has 0 radical (unpaired) electrons. The molecule has 3 rings (SSSR count). The van der Waals surface area contributed by atoms with Gasteiger partial charge < -0.3 is 0 Å². The quantitative estimate of drug-likeness (QED) is 0.465. The second-order valence-corrected chi connectivity index (χ2v) is 5.62. The zero-order chi connectivity index (χ0) is 6.06. The molecule has 1 heteroatoms. The highest BCUT2D eigenvalue weighted by Gasteiger charge is 2.67. The summed E-state index contributed by atoms with van der Waals surface area (Å²) in [5, 5.41) is 1.11. The number of hydrogen-bond donors (Lipinski definition) is 0. The predicted octanol–water partition coefficient (Wildman–Crippen LogP) is 2.29. The summed E-state index contributed by atoms with van der Waals surface area (Å²) in [6.07, 6.45) is 4.68. The molecular formula is C8H12S. The van der Waals surface area contributed by atoms with Crippen molar-refractivity contribution in [2.75, 3.05) is 0 Å². The number of hydrogen-bond acceptors (Lipinski definition) is 1. The Labute approximate surface area is 60.4 Å². The number of rotatable bonds is 0. The lowest BCUT2D eigenvalue weighted by molar-refractivity contribution is 0.459. The Morgan fingerprint density at radius 2 is 2.33 bits per heavy atom. The maximum Gasteiger partial charge on any atom is 0.0284 e. The minimum Gasteiger partial charge on any atom is -0.149 e. The third-order valence-corrected chi connectivity index (χ3v) is 5.57. The lowest BCUT2D eigenvalue weighted by Crippen LogP contribution is -2.17. The minimum atomic E-state index is 0.795. The lowest BCUT2D eigenvalue weighted by Gasteiger charge is -2.13. The molecule has 9 heavy (non-hydrogen) atoms. The second kappa shape index (κ2) is 1.20. The van der Waals surface area contributed by atoms with Gasteiger partial charge in [-0.3, -0.25) is 0 Å². The van der Waals surface area contributed by atoms with E-state index in [2.05, 4.69) is 18.7 Å². The van der Waals surface area contributed by atoms with Crippen LogP contribution in [0.5, 0.6) is 0 Å². The van der Waals surface area contributed by atoms with Gasteiger partial charge in [-0.15, -0.1) is 11.8 Å². The van der Waals surface area contributed by atoms with Gasteiger partial charge in [0.1, 0.15) is 0 Å². The molecule has 0 spiro atoms. The predicted molar refractivity (Wildman–Crippen MR) is 40.6 cm³/mol. The fourth-order valence-electron chi connectivity index (χ4n) is 2.94. The molecule has 2 aliphatic carbocycles. The van der Waals surface area contributed by atoms with Crippen molar-refractivity contribution in [3.63, 3.8) is 0 Å². The standard InChI is InChI=1S/C8H12S/c1-8-6-3-2-5(4-6)7(8)9-8/h5-7H,2-4H2,1H3. The molecular weight excluding hydrogens is 128 g/mol. The molecule has 0 aromatic carbocycles. The van der Waals surface area contributed by atoms with Gasteiger partial charge in [0.15, 0.2) is 0 Å². The summed E-state index contributed by atoms with van der Waals surface area (Å²) < 4.78 is 0.795. The Bertz CT molecular complexity index is 166. The van der Waals surface area contributed by atoms with Crippen molar-refractivity contribution < 1.29 is 0 Å². The van der Waals surface area contributed by atoms with E-state index in [0.29, 0.717) is 0 Å². The van der Waals surface area contributed by atoms with Crippen LogP contribution in [-0.4, -0.2) is 10.00 Å². The van der Waals surface area contributed by atoms with Crippen molar-refractivity contribution in [3.05, 3.63) is 0 Å². The largest absolute Gasteiger partial charge is 0.149 e. The van der Waals surface area contributed by atoms with E-state index in [1.807, 2.05) is 0 Å². The van der Waals surface area contributed by atoms with Gasteiger partial charge in [0.25, 0.3) is 0 Å². The first-order valence-electron chi connectivity index (χ1n) is 3.98. The third kappa shape index (κ3) is 0.419. The van der Waals surface area contributed by atoms with Crippen LogP contribution in [-0.2, 0) is 0 Å². The highest BCUT2D eigenvalue weighted by molar-refractivity contribution is 8.08. The fraction of sp³-hybridized carbons (Fsp3) is 1.00. The molecule has 0 amide bonds. The molecule has 0 nitrogen and oxygen atoms in total. The van der Waals surface area contributed by atoms with Gasteiger partial charge in [-0.1, -0.05) is 0 Å². The summed E-state index contributed by atoms with van der Waals surface area (Å²) in [6.45, 7) is 2.48.